The molecular weight excluding hydrogens is 264 g/mol. The molecule has 0 aromatic heterocycles. The molecule has 0 saturated heterocycles. The van der Waals surface area contributed by atoms with Crippen LogP contribution in [0.3, 0.4) is 0 Å². The maximum Gasteiger partial charge on any atom is 0.251 e. The van der Waals surface area contributed by atoms with Gasteiger partial charge in [-0.15, -0.1) is 0 Å². The van der Waals surface area contributed by atoms with Crippen molar-refractivity contribution in [3.05, 3.63) is 34.9 Å². The molecule has 3 rings (SSSR count). The van der Waals surface area contributed by atoms with Crippen LogP contribution in [0.2, 0.25) is 0 Å². The molecule has 2 aliphatic rings. The first kappa shape index (κ1) is 14.5. The molecule has 1 aromatic rings. The third-order valence-electron chi connectivity index (χ3n) is 5.08. The Morgan fingerprint density at radius 2 is 2.24 bits per heavy atom. The number of carbonyl (C=O) groups excluding carboxylic acids is 1. The summed E-state index contributed by atoms with van der Waals surface area (Å²) in [6.45, 7) is 0.743. The highest BCUT2D eigenvalue weighted by molar-refractivity contribution is 5.96. The third kappa shape index (κ3) is 2.70. The number of hydrogen-bond acceptors (Lipinski definition) is 3. The molecule has 4 heteroatoms. The molecule has 1 aromatic carbocycles. The molecule has 1 heterocycles. The van der Waals surface area contributed by atoms with Crippen LogP contribution in [0.25, 0.3) is 0 Å². The van der Waals surface area contributed by atoms with Gasteiger partial charge >= 0.3 is 0 Å². The van der Waals surface area contributed by atoms with E-state index in [0.29, 0.717) is 0 Å². The van der Waals surface area contributed by atoms with E-state index >= 15 is 0 Å². The second-order valence-corrected chi connectivity index (χ2v) is 6.21. The number of benzene rings is 1. The lowest BCUT2D eigenvalue weighted by Crippen LogP contribution is -2.42. The van der Waals surface area contributed by atoms with E-state index in [2.05, 4.69) is 22.8 Å². The molecule has 114 valence electrons. The van der Waals surface area contributed by atoms with Crippen LogP contribution in [0.1, 0.15) is 53.2 Å². The lowest BCUT2D eigenvalue weighted by Gasteiger charge is -2.43. The van der Waals surface area contributed by atoms with E-state index in [4.69, 9.17) is 4.74 Å². The van der Waals surface area contributed by atoms with Crippen molar-refractivity contribution in [1.82, 2.24) is 10.6 Å². The second-order valence-electron chi connectivity index (χ2n) is 6.21. The van der Waals surface area contributed by atoms with Crippen LogP contribution in [0.4, 0.5) is 0 Å². The Morgan fingerprint density at radius 1 is 1.43 bits per heavy atom. The van der Waals surface area contributed by atoms with Gasteiger partial charge in [0.2, 0.25) is 0 Å². The zero-order chi connectivity index (χ0) is 14.9. The van der Waals surface area contributed by atoms with Gasteiger partial charge in [0.15, 0.2) is 0 Å². The summed E-state index contributed by atoms with van der Waals surface area (Å²) in [4.78, 5) is 12.0. The van der Waals surface area contributed by atoms with E-state index in [0.717, 1.165) is 43.4 Å². The fourth-order valence-electron chi connectivity index (χ4n) is 3.47. The Bertz CT molecular complexity index is 532. The molecular formula is C17H24N2O2. The predicted octanol–water partition coefficient (Wildman–Crippen LogP) is 2.19. The van der Waals surface area contributed by atoms with Crippen LogP contribution in [0.5, 0.6) is 0 Å². The monoisotopic (exact) mass is 288 g/mol. The molecule has 4 nitrogen and oxygen atoms in total. The first-order valence-corrected chi connectivity index (χ1v) is 7.81. The molecule has 0 radical (unpaired) electrons. The summed E-state index contributed by atoms with van der Waals surface area (Å²) >= 11 is 0. The molecule has 0 bridgehead atoms. The van der Waals surface area contributed by atoms with Gasteiger partial charge in [-0.2, -0.15) is 0 Å². The van der Waals surface area contributed by atoms with E-state index in [9.17, 15) is 4.79 Å². The zero-order valence-electron chi connectivity index (χ0n) is 12.9. The lowest BCUT2D eigenvalue weighted by molar-refractivity contribution is -0.0834. The van der Waals surface area contributed by atoms with Gasteiger partial charge in [-0.1, -0.05) is 12.1 Å². The first-order chi connectivity index (χ1) is 10.2. The van der Waals surface area contributed by atoms with E-state index in [1.807, 2.05) is 20.2 Å². The van der Waals surface area contributed by atoms with Crippen LogP contribution >= 0.6 is 0 Å². The van der Waals surface area contributed by atoms with Crippen molar-refractivity contribution >= 4 is 5.91 Å². The van der Waals surface area contributed by atoms with Crippen molar-refractivity contribution in [2.45, 2.75) is 43.7 Å². The first-order valence-electron chi connectivity index (χ1n) is 7.81. The molecule has 1 aliphatic carbocycles. The smallest absolute Gasteiger partial charge is 0.251 e. The highest BCUT2D eigenvalue weighted by Crippen LogP contribution is 2.42. The Balaban J connectivity index is 1.84. The quantitative estimate of drug-likeness (QED) is 0.873. The Hall–Kier alpha value is -1.39. The minimum absolute atomic E-state index is 0.0197. The minimum Gasteiger partial charge on any atom is -0.378 e. The van der Waals surface area contributed by atoms with Gasteiger partial charge in [0.1, 0.15) is 0 Å². The Labute approximate surface area is 126 Å². The van der Waals surface area contributed by atoms with Crippen LogP contribution in [0.15, 0.2) is 18.2 Å². The predicted molar refractivity (Wildman–Crippen MR) is 82.5 cm³/mol. The molecule has 1 fully saturated rings. The molecule has 1 amide bonds. The summed E-state index contributed by atoms with van der Waals surface area (Å²) in [5.41, 5.74) is 3.18. The number of methoxy groups -OCH3 is 1. The largest absolute Gasteiger partial charge is 0.378 e. The van der Waals surface area contributed by atoms with Crippen molar-refractivity contribution in [3.8, 4) is 0 Å². The molecule has 1 aliphatic heterocycles. The topological polar surface area (TPSA) is 50.4 Å². The standard InChI is InChI=1S/C17H24N2O2/c1-18-15(11-17(21-2)7-3-8-17)13-5-4-12-6-9-19-16(20)14(12)10-13/h4-5,10,15,18H,3,6-9,11H2,1-2H3,(H,19,20). The summed E-state index contributed by atoms with van der Waals surface area (Å²) in [5, 5.41) is 6.31. The molecule has 0 spiro atoms. The van der Waals surface area contributed by atoms with E-state index in [1.54, 1.807) is 0 Å². The minimum atomic E-state index is 0.0197. The maximum atomic E-state index is 12.0. The van der Waals surface area contributed by atoms with Crippen molar-refractivity contribution in [2.75, 3.05) is 20.7 Å². The number of amides is 1. The van der Waals surface area contributed by atoms with Crippen molar-refractivity contribution in [2.24, 2.45) is 0 Å². The van der Waals surface area contributed by atoms with Crippen LogP contribution < -0.4 is 10.6 Å². The van der Waals surface area contributed by atoms with Gasteiger partial charge in [-0.05, 0) is 56.3 Å². The highest BCUT2D eigenvalue weighted by Gasteiger charge is 2.39. The van der Waals surface area contributed by atoms with Crippen LogP contribution in [0, 0.1) is 0 Å². The molecule has 1 saturated carbocycles. The number of nitrogens with one attached hydrogen (secondary N) is 2. The third-order valence-corrected chi connectivity index (χ3v) is 5.08. The normalized spacial score (nSPS) is 21.1. The summed E-state index contributed by atoms with van der Waals surface area (Å²) < 4.78 is 5.74. The number of ether oxygens (including phenoxy) is 1. The van der Waals surface area contributed by atoms with Gasteiger partial charge in [-0.25, -0.2) is 0 Å². The van der Waals surface area contributed by atoms with Crippen molar-refractivity contribution in [3.63, 3.8) is 0 Å². The summed E-state index contributed by atoms with van der Waals surface area (Å²) in [6, 6.07) is 6.53. The van der Waals surface area contributed by atoms with Crippen LogP contribution in [-0.2, 0) is 11.2 Å². The molecule has 21 heavy (non-hydrogen) atoms. The van der Waals surface area contributed by atoms with Gasteiger partial charge in [-0.3, -0.25) is 4.79 Å². The Morgan fingerprint density at radius 3 is 2.86 bits per heavy atom. The number of rotatable bonds is 5. The zero-order valence-corrected chi connectivity index (χ0v) is 12.9. The average Bonchev–Trinajstić information content (AvgIpc) is 2.47. The number of carbonyl (C=O) groups is 1. The van der Waals surface area contributed by atoms with Gasteiger partial charge in [0.25, 0.3) is 5.91 Å². The molecule has 1 atom stereocenters. The van der Waals surface area contributed by atoms with E-state index in [-0.39, 0.29) is 17.6 Å². The fourth-order valence-corrected chi connectivity index (χ4v) is 3.47. The fraction of sp³-hybridized carbons (Fsp3) is 0.588. The summed E-state index contributed by atoms with van der Waals surface area (Å²) in [6.07, 6.45) is 5.39. The summed E-state index contributed by atoms with van der Waals surface area (Å²) in [7, 11) is 3.79. The Kier molecular flexibility index (Phi) is 4.00. The van der Waals surface area contributed by atoms with Gasteiger partial charge in [0, 0.05) is 25.3 Å². The highest BCUT2D eigenvalue weighted by atomic mass is 16.5. The molecule has 1 unspecified atom stereocenters. The van der Waals surface area contributed by atoms with E-state index < -0.39 is 0 Å². The lowest BCUT2D eigenvalue weighted by atomic mass is 9.74. The van der Waals surface area contributed by atoms with Crippen LogP contribution in [-0.4, -0.2) is 32.2 Å². The summed E-state index contributed by atoms with van der Waals surface area (Å²) in [5.74, 6) is 0.0538. The molecule has 2 N–H and O–H groups in total. The van der Waals surface area contributed by atoms with Gasteiger partial charge < -0.3 is 15.4 Å². The van der Waals surface area contributed by atoms with Crippen molar-refractivity contribution in [1.29, 1.82) is 0 Å². The maximum absolute atomic E-state index is 12.0. The second kappa shape index (κ2) is 5.78. The van der Waals surface area contributed by atoms with E-state index in [1.165, 1.54) is 12.0 Å². The van der Waals surface area contributed by atoms with Crippen molar-refractivity contribution < 1.29 is 9.53 Å². The number of fused-ring (bicyclic) bond motifs is 1. The van der Waals surface area contributed by atoms with Gasteiger partial charge in [0.05, 0.1) is 5.60 Å². The number of hydrogen-bond donors (Lipinski definition) is 2. The average molecular weight is 288 g/mol. The SMILES string of the molecule is CNC(CC1(OC)CCC1)c1ccc2c(c1)C(=O)NCC2.